The van der Waals surface area contributed by atoms with Crippen molar-refractivity contribution in [2.45, 2.75) is 13.5 Å². The van der Waals surface area contributed by atoms with Gasteiger partial charge in [-0.25, -0.2) is 9.69 Å². The van der Waals surface area contributed by atoms with E-state index in [9.17, 15) is 14.4 Å². The van der Waals surface area contributed by atoms with Crippen molar-refractivity contribution in [2.75, 3.05) is 18.1 Å². The van der Waals surface area contributed by atoms with Crippen LogP contribution in [0.3, 0.4) is 0 Å². The van der Waals surface area contributed by atoms with Gasteiger partial charge in [-0.3, -0.25) is 14.9 Å². The molecule has 0 unspecified atom stereocenters. The molecule has 0 aromatic heterocycles. The number of ether oxygens (including phenoxy) is 3. The maximum Gasteiger partial charge on any atom is 0.335 e. The van der Waals surface area contributed by atoms with E-state index in [-0.39, 0.29) is 24.5 Å². The Morgan fingerprint density at radius 1 is 1.05 bits per heavy atom. The third kappa shape index (κ3) is 6.42. The molecule has 10 heteroatoms. The minimum atomic E-state index is -0.860. The van der Waals surface area contributed by atoms with Gasteiger partial charge in [0.05, 0.1) is 16.8 Å². The number of carbonyl (C=O) groups excluding carboxylic acids is 3. The Balaban J connectivity index is 1.58. The normalized spacial score (nSPS) is 14.2. The number of rotatable bonds is 9. The largest absolute Gasteiger partial charge is 0.490 e. The maximum atomic E-state index is 13.3. The van der Waals surface area contributed by atoms with Gasteiger partial charge >= 0.3 is 6.03 Å². The number of hydrogen-bond donors (Lipinski definition) is 1. The lowest BCUT2D eigenvalue weighted by molar-refractivity contribution is -0.122. The number of barbiturate groups is 1. The highest BCUT2D eigenvalue weighted by Crippen LogP contribution is 2.38. The van der Waals surface area contributed by atoms with Crippen molar-refractivity contribution < 1.29 is 28.6 Å². The van der Waals surface area contributed by atoms with Gasteiger partial charge in [-0.05, 0) is 77.0 Å². The predicted octanol–water partition coefficient (Wildman–Crippen LogP) is 5.76. The molecule has 8 nitrogen and oxygen atoms in total. The highest BCUT2D eigenvalue weighted by molar-refractivity contribution is 9.10. The van der Waals surface area contributed by atoms with Crippen molar-refractivity contribution in [3.63, 3.8) is 0 Å². The molecule has 1 N–H and O–H groups in total. The second-order valence-corrected chi connectivity index (χ2v) is 9.35. The first-order chi connectivity index (χ1) is 18.8. The first-order valence-electron chi connectivity index (χ1n) is 11.7. The molecule has 1 fully saturated rings. The van der Waals surface area contributed by atoms with E-state index >= 15 is 0 Å². The molecule has 4 rings (SSSR count). The molecule has 1 aliphatic heterocycles. The van der Waals surface area contributed by atoms with Crippen LogP contribution in [0.15, 0.2) is 70.7 Å². The van der Waals surface area contributed by atoms with Crippen molar-refractivity contribution >= 4 is 57.1 Å². The van der Waals surface area contributed by atoms with Crippen LogP contribution in [0.2, 0.25) is 5.02 Å². The van der Waals surface area contributed by atoms with Crippen LogP contribution < -0.4 is 24.4 Å². The number of terminal acetylenes is 1. The molecule has 0 bridgehead atoms. The summed E-state index contributed by atoms with van der Waals surface area (Å²) in [4.78, 5) is 39.5. The molecule has 198 valence electrons. The number of halogens is 2. The zero-order chi connectivity index (χ0) is 27.9. The SMILES string of the molecule is C#CCOc1c(Br)cc(/C=C2\C(=O)NC(=O)N(c3ccc(OCc4ccccc4Cl)cc3)C2=O)cc1OCC. The number of nitrogens with zero attached hydrogens (tertiary/aromatic N) is 1. The van der Waals surface area contributed by atoms with Crippen LogP contribution in [-0.4, -0.2) is 31.1 Å². The number of imide groups is 2. The van der Waals surface area contributed by atoms with Crippen molar-refractivity contribution in [1.82, 2.24) is 5.32 Å². The predicted molar refractivity (Wildman–Crippen MR) is 151 cm³/mol. The van der Waals surface area contributed by atoms with Crippen LogP contribution in [0, 0.1) is 12.3 Å². The summed E-state index contributed by atoms with van der Waals surface area (Å²) in [5.41, 5.74) is 1.31. The number of anilines is 1. The Kier molecular flexibility index (Phi) is 8.92. The quantitative estimate of drug-likeness (QED) is 0.188. The lowest BCUT2D eigenvalue weighted by Crippen LogP contribution is -2.54. The summed E-state index contributed by atoms with van der Waals surface area (Å²) >= 11 is 9.59. The van der Waals surface area contributed by atoms with E-state index in [4.69, 9.17) is 32.2 Å². The summed E-state index contributed by atoms with van der Waals surface area (Å²) in [6.45, 7) is 2.42. The number of amides is 4. The highest BCUT2D eigenvalue weighted by Gasteiger charge is 2.37. The van der Waals surface area contributed by atoms with Gasteiger partial charge in [0.1, 0.15) is 24.5 Å². The molecule has 3 aromatic carbocycles. The van der Waals surface area contributed by atoms with Gasteiger partial charge < -0.3 is 14.2 Å². The summed E-state index contributed by atoms with van der Waals surface area (Å²) in [5.74, 6) is 2.07. The fourth-order valence-corrected chi connectivity index (χ4v) is 4.48. The third-order valence-electron chi connectivity index (χ3n) is 5.49. The minimum absolute atomic E-state index is 0.0287. The molecule has 39 heavy (non-hydrogen) atoms. The minimum Gasteiger partial charge on any atom is -0.490 e. The molecule has 4 amide bonds. The summed E-state index contributed by atoms with van der Waals surface area (Å²) in [7, 11) is 0. The molecule has 0 atom stereocenters. The summed E-state index contributed by atoms with van der Waals surface area (Å²) in [6.07, 6.45) is 6.66. The van der Waals surface area contributed by atoms with Crippen molar-refractivity contribution in [3.05, 3.63) is 86.9 Å². The summed E-state index contributed by atoms with van der Waals surface area (Å²) in [5, 5.41) is 2.80. The van der Waals surface area contributed by atoms with Crippen LogP contribution in [0.4, 0.5) is 10.5 Å². The molecule has 1 heterocycles. The standard InChI is InChI=1S/C29H22BrClN2O6/c1-3-13-38-26-23(30)15-18(16-25(26)37-4-2)14-22-27(34)32-29(36)33(28(22)35)20-9-11-21(12-10-20)39-17-19-7-5-6-8-24(19)31/h1,5-12,14-16H,4,13,17H2,2H3,(H,32,34,36)/b22-14+. The molecule has 0 saturated carbocycles. The fraction of sp³-hybridized carbons (Fsp3) is 0.138. The zero-order valence-corrected chi connectivity index (χ0v) is 23.0. The first kappa shape index (κ1) is 27.8. The highest BCUT2D eigenvalue weighted by atomic mass is 79.9. The summed E-state index contributed by atoms with van der Waals surface area (Å²) < 4.78 is 17.5. The van der Waals surface area contributed by atoms with Gasteiger partial charge in [0.2, 0.25) is 0 Å². The van der Waals surface area contributed by atoms with Crippen LogP contribution in [0.25, 0.3) is 6.08 Å². The van der Waals surface area contributed by atoms with Crippen LogP contribution in [0.1, 0.15) is 18.1 Å². The number of urea groups is 1. The second-order valence-electron chi connectivity index (χ2n) is 8.09. The van der Waals surface area contributed by atoms with E-state index in [0.717, 1.165) is 10.5 Å². The van der Waals surface area contributed by atoms with Crippen molar-refractivity contribution in [3.8, 4) is 29.6 Å². The molecular weight excluding hydrogens is 588 g/mol. The first-order valence-corrected chi connectivity index (χ1v) is 12.9. The number of hydrogen-bond acceptors (Lipinski definition) is 6. The van der Waals surface area contributed by atoms with E-state index in [0.29, 0.717) is 38.9 Å². The molecule has 1 aliphatic rings. The van der Waals surface area contributed by atoms with Gasteiger partial charge in [-0.15, -0.1) is 6.42 Å². The Hall–Kier alpha value is -4.26. The number of carbonyl (C=O) groups is 3. The molecule has 1 saturated heterocycles. The number of nitrogens with one attached hydrogen (secondary N) is 1. The lowest BCUT2D eigenvalue weighted by Gasteiger charge is -2.26. The van der Waals surface area contributed by atoms with Crippen LogP contribution in [0.5, 0.6) is 17.2 Å². The van der Waals surface area contributed by atoms with E-state index in [2.05, 4.69) is 27.2 Å². The van der Waals surface area contributed by atoms with Crippen LogP contribution in [-0.2, 0) is 16.2 Å². The molecular formula is C29H22BrClN2O6. The Morgan fingerprint density at radius 2 is 1.79 bits per heavy atom. The summed E-state index contributed by atoms with van der Waals surface area (Å²) in [6, 6.07) is 16.0. The van der Waals surface area contributed by atoms with Crippen molar-refractivity contribution in [1.29, 1.82) is 0 Å². The zero-order valence-electron chi connectivity index (χ0n) is 20.7. The monoisotopic (exact) mass is 608 g/mol. The molecule has 0 spiro atoms. The topological polar surface area (TPSA) is 94.2 Å². The van der Waals surface area contributed by atoms with Gasteiger partial charge in [-0.1, -0.05) is 35.7 Å². The number of benzene rings is 3. The third-order valence-corrected chi connectivity index (χ3v) is 6.45. The van der Waals surface area contributed by atoms with E-state index in [1.54, 1.807) is 49.4 Å². The average Bonchev–Trinajstić information content (AvgIpc) is 2.91. The molecule has 3 aromatic rings. The van der Waals surface area contributed by atoms with Gasteiger partial charge in [0, 0.05) is 10.6 Å². The van der Waals surface area contributed by atoms with E-state index in [1.165, 1.54) is 6.08 Å². The Morgan fingerprint density at radius 3 is 2.49 bits per heavy atom. The average molecular weight is 610 g/mol. The molecule has 0 aliphatic carbocycles. The van der Waals surface area contributed by atoms with Gasteiger partial charge in [0.15, 0.2) is 11.5 Å². The lowest BCUT2D eigenvalue weighted by atomic mass is 10.1. The Bertz CT molecular complexity index is 1500. The van der Waals surface area contributed by atoms with Crippen LogP contribution >= 0.6 is 27.5 Å². The fourth-order valence-electron chi connectivity index (χ4n) is 3.71. The second kappa shape index (κ2) is 12.5. The maximum absolute atomic E-state index is 13.3. The van der Waals surface area contributed by atoms with Gasteiger partial charge in [0.25, 0.3) is 11.8 Å². The van der Waals surface area contributed by atoms with E-state index < -0.39 is 17.8 Å². The Labute approximate surface area is 238 Å². The van der Waals surface area contributed by atoms with Gasteiger partial charge in [-0.2, -0.15) is 0 Å². The molecule has 0 radical (unpaired) electrons. The van der Waals surface area contributed by atoms with Crippen molar-refractivity contribution in [2.24, 2.45) is 0 Å². The van der Waals surface area contributed by atoms with E-state index in [1.807, 2.05) is 18.2 Å². The smallest absolute Gasteiger partial charge is 0.335 e.